The number of aliphatic hydroxyl groups is 1. The van der Waals surface area contributed by atoms with Crippen LogP contribution in [0.4, 0.5) is 0 Å². The van der Waals surface area contributed by atoms with Crippen LogP contribution in [0.5, 0.6) is 0 Å². The quantitative estimate of drug-likeness (QED) is 0.793. The number of carbonyl (C=O) groups excluding carboxylic acids is 1. The molecule has 1 aliphatic heterocycles. The number of hydrogen-bond donors (Lipinski definition) is 1. The van der Waals surface area contributed by atoms with E-state index in [1.807, 2.05) is 24.9 Å². The number of rotatable bonds is 7. The van der Waals surface area contributed by atoms with E-state index in [1.54, 1.807) is 4.90 Å². The van der Waals surface area contributed by atoms with E-state index in [0.717, 1.165) is 23.4 Å². The van der Waals surface area contributed by atoms with Crippen LogP contribution in [-0.4, -0.2) is 51.7 Å². The molecule has 152 valence electrons. The van der Waals surface area contributed by atoms with Crippen molar-refractivity contribution in [2.75, 3.05) is 20.1 Å². The SMILES string of the molecule is Cc1cc(CN(C)C[C@]2(O)CCCN(Cc3ccc(C(C)C)cc3)C2=O)no1. The fourth-order valence-electron chi connectivity index (χ4n) is 3.86. The van der Waals surface area contributed by atoms with Crippen LogP contribution in [0, 0.1) is 6.92 Å². The molecule has 0 saturated carbocycles. The van der Waals surface area contributed by atoms with Gasteiger partial charge in [0.05, 0.1) is 5.69 Å². The highest BCUT2D eigenvalue weighted by atomic mass is 16.5. The van der Waals surface area contributed by atoms with Gasteiger partial charge >= 0.3 is 0 Å². The van der Waals surface area contributed by atoms with Crippen molar-refractivity contribution < 1.29 is 14.4 Å². The summed E-state index contributed by atoms with van der Waals surface area (Å²) in [5.74, 6) is 1.06. The van der Waals surface area contributed by atoms with E-state index in [0.29, 0.717) is 32.0 Å². The Morgan fingerprint density at radius 2 is 2.04 bits per heavy atom. The molecule has 1 aliphatic rings. The Kier molecular flexibility index (Phi) is 6.20. The molecule has 0 radical (unpaired) electrons. The molecule has 1 aromatic carbocycles. The highest BCUT2D eigenvalue weighted by molar-refractivity contribution is 5.86. The van der Waals surface area contributed by atoms with Crippen molar-refractivity contribution in [1.29, 1.82) is 0 Å². The fourth-order valence-corrected chi connectivity index (χ4v) is 3.86. The van der Waals surface area contributed by atoms with Gasteiger partial charge in [0.2, 0.25) is 0 Å². The Morgan fingerprint density at radius 3 is 2.64 bits per heavy atom. The molecular formula is C22H31N3O3. The predicted molar refractivity (Wildman–Crippen MR) is 108 cm³/mol. The van der Waals surface area contributed by atoms with E-state index in [9.17, 15) is 9.90 Å². The van der Waals surface area contributed by atoms with Gasteiger partial charge in [-0.05, 0) is 43.9 Å². The van der Waals surface area contributed by atoms with Gasteiger partial charge in [-0.3, -0.25) is 9.69 Å². The maximum absolute atomic E-state index is 13.0. The number of aromatic nitrogens is 1. The molecule has 0 aliphatic carbocycles. The Bertz CT molecular complexity index is 800. The molecule has 0 spiro atoms. The maximum Gasteiger partial charge on any atom is 0.256 e. The topological polar surface area (TPSA) is 69.8 Å². The highest BCUT2D eigenvalue weighted by Gasteiger charge is 2.42. The maximum atomic E-state index is 13.0. The second-order valence-corrected chi connectivity index (χ2v) is 8.36. The van der Waals surface area contributed by atoms with Crippen molar-refractivity contribution in [3.8, 4) is 0 Å². The third kappa shape index (κ3) is 4.80. The van der Waals surface area contributed by atoms with Crippen LogP contribution in [0.25, 0.3) is 0 Å². The number of amides is 1. The summed E-state index contributed by atoms with van der Waals surface area (Å²) in [6.45, 7) is 8.20. The van der Waals surface area contributed by atoms with Gasteiger partial charge in [-0.15, -0.1) is 0 Å². The fraction of sp³-hybridized carbons (Fsp3) is 0.545. The van der Waals surface area contributed by atoms with Crippen molar-refractivity contribution in [1.82, 2.24) is 15.0 Å². The molecule has 0 unspecified atom stereocenters. The summed E-state index contributed by atoms with van der Waals surface area (Å²) >= 11 is 0. The molecule has 2 heterocycles. The largest absolute Gasteiger partial charge is 0.379 e. The summed E-state index contributed by atoms with van der Waals surface area (Å²) in [6, 6.07) is 10.3. The Labute approximate surface area is 167 Å². The van der Waals surface area contributed by atoms with Crippen LogP contribution in [0.15, 0.2) is 34.9 Å². The number of aryl methyl sites for hydroxylation is 1. The number of hydrogen-bond acceptors (Lipinski definition) is 5. The lowest BCUT2D eigenvalue weighted by Gasteiger charge is -2.40. The average Bonchev–Trinajstić information content (AvgIpc) is 3.04. The van der Waals surface area contributed by atoms with Crippen LogP contribution in [0.3, 0.4) is 0 Å². The highest BCUT2D eigenvalue weighted by Crippen LogP contribution is 2.26. The number of nitrogens with zero attached hydrogens (tertiary/aromatic N) is 3. The predicted octanol–water partition coefficient (Wildman–Crippen LogP) is 3.09. The van der Waals surface area contributed by atoms with E-state index in [1.165, 1.54) is 5.56 Å². The van der Waals surface area contributed by atoms with E-state index in [2.05, 4.69) is 43.3 Å². The van der Waals surface area contributed by atoms with Crippen LogP contribution >= 0.6 is 0 Å². The van der Waals surface area contributed by atoms with Crippen molar-refractivity contribution in [2.24, 2.45) is 0 Å². The summed E-state index contributed by atoms with van der Waals surface area (Å²) in [5.41, 5.74) is 1.82. The summed E-state index contributed by atoms with van der Waals surface area (Å²) in [5, 5.41) is 15.1. The lowest BCUT2D eigenvalue weighted by Crippen LogP contribution is -2.57. The number of benzene rings is 1. The molecule has 6 nitrogen and oxygen atoms in total. The van der Waals surface area contributed by atoms with Crippen LogP contribution in [0.1, 0.15) is 55.2 Å². The number of likely N-dealkylation sites (tertiary alicyclic amines) is 1. The first-order valence-electron chi connectivity index (χ1n) is 9.98. The Balaban J connectivity index is 1.63. The van der Waals surface area contributed by atoms with Crippen LogP contribution in [0.2, 0.25) is 0 Å². The van der Waals surface area contributed by atoms with E-state index < -0.39 is 5.60 Å². The lowest BCUT2D eigenvalue weighted by molar-refractivity contribution is -0.160. The molecule has 1 saturated heterocycles. The summed E-state index contributed by atoms with van der Waals surface area (Å²) in [4.78, 5) is 16.7. The second-order valence-electron chi connectivity index (χ2n) is 8.36. The van der Waals surface area contributed by atoms with Gasteiger partial charge in [0.1, 0.15) is 5.76 Å². The van der Waals surface area contributed by atoms with E-state index >= 15 is 0 Å². The zero-order valence-electron chi connectivity index (χ0n) is 17.3. The molecule has 1 fully saturated rings. The third-order valence-corrected chi connectivity index (χ3v) is 5.36. The molecule has 28 heavy (non-hydrogen) atoms. The second kappa shape index (κ2) is 8.45. The molecule has 1 N–H and O–H groups in total. The van der Waals surface area contributed by atoms with Gasteiger partial charge in [-0.2, -0.15) is 0 Å². The van der Waals surface area contributed by atoms with Gasteiger partial charge < -0.3 is 14.5 Å². The first-order chi connectivity index (χ1) is 13.3. The molecule has 6 heteroatoms. The van der Waals surface area contributed by atoms with Crippen molar-refractivity contribution >= 4 is 5.91 Å². The van der Waals surface area contributed by atoms with Gasteiger partial charge in [0, 0.05) is 32.2 Å². The Morgan fingerprint density at radius 1 is 1.32 bits per heavy atom. The minimum Gasteiger partial charge on any atom is -0.379 e. The molecular weight excluding hydrogens is 354 g/mol. The lowest BCUT2D eigenvalue weighted by atomic mass is 9.90. The van der Waals surface area contributed by atoms with Crippen LogP contribution < -0.4 is 0 Å². The van der Waals surface area contributed by atoms with E-state index in [-0.39, 0.29) is 12.5 Å². The number of likely N-dealkylation sites (N-methyl/N-ethyl adjacent to an activating group) is 1. The molecule has 1 aromatic heterocycles. The molecule has 0 bridgehead atoms. The molecule has 2 aromatic rings. The zero-order valence-corrected chi connectivity index (χ0v) is 17.3. The normalized spacial score (nSPS) is 20.4. The molecule has 3 rings (SSSR count). The van der Waals surface area contributed by atoms with Crippen molar-refractivity contribution in [3.63, 3.8) is 0 Å². The smallest absolute Gasteiger partial charge is 0.256 e. The minimum atomic E-state index is -1.36. The summed E-state index contributed by atoms with van der Waals surface area (Å²) in [6.07, 6.45) is 1.28. The summed E-state index contributed by atoms with van der Waals surface area (Å²) < 4.78 is 5.09. The first-order valence-corrected chi connectivity index (χ1v) is 9.98. The number of piperidine rings is 1. The minimum absolute atomic E-state index is 0.185. The van der Waals surface area contributed by atoms with E-state index in [4.69, 9.17) is 4.52 Å². The summed E-state index contributed by atoms with van der Waals surface area (Å²) in [7, 11) is 1.89. The number of carbonyl (C=O) groups is 1. The standard InChI is InChI=1S/C22H31N3O3/c1-16(2)19-8-6-18(7-9-19)13-25-11-5-10-22(27,21(25)26)15-24(4)14-20-12-17(3)28-23-20/h6-9,12,16,27H,5,10-11,13-15H2,1-4H3/t22-/m1/s1. The molecule has 1 amide bonds. The molecule has 1 atom stereocenters. The monoisotopic (exact) mass is 385 g/mol. The zero-order chi connectivity index (χ0) is 20.3. The van der Waals surface area contributed by atoms with Gasteiger partial charge in [-0.1, -0.05) is 43.3 Å². The van der Waals surface area contributed by atoms with Gasteiger partial charge in [0.25, 0.3) is 5.91 Å². The van der Waals surface area contributed by atoms with Gasteiger partial charge in [0.15, 0.2) is 5.60 Å². The average molecular weight is 386 g/mol. The van der Waals surface area contributed by atoms with Crippen molar-refractivity contribution in [2.45, 2.75) is 58.2 Å². The Hall–Kier alpha value is -2.18. The third-order valence-electron chi connectivity index (χ3n) is 5.36. The van der Waals surface area contributed by atoms with Crippen molar-refractivity contribution in [3.05, 3.63) is 52.9 Å². The van der Waals surface area contributed by atoms with Crippen LogP contribution in [-0.2, 0) is 17.9 Å². The first kappa shape index (κ1) is 20.6. The van der Waals surface area contributed by atoms with Gasteiger partial charge in [-0.25, -0.2) is 0 Å².